The summed E-state index contributed by atoms with van der Waals surface area (Å²) in [5.74, 6) is -2.28. The number of carboxylic acids is 1. The zero-order valence-electron chi connectivity index (χ0n) is 15.3. The number of sulfonamides is 1. The lowest BCUT2D eigenvalue weighted by Gasteiger charge is -2.30. The number of nitrogens with zero attached hydrogens (tertiary/aromatic N) is 2. The second-order valence-electron chi connectivity index (χ2n) is 6.65. The summed E-state index contributed by atoms with van der Waals surface area (Å²) in [4.78, 5) is 32.8. The number of carboxylic acid groups (broad SMARTS) is 1. The molecule has 10 nitrogen and oxygen atoms in total. The smallest absolute Gasteiger partial charge is 0.321 e. The largest absolute Gasteiger partial charge is 0.481 e. The van der Waals surface area contributed by atoms with Gasteiger partial charge in [0.05, 0.1) is 18.0 Å². The second-order valence-corrected chi connectivity index (χ2v) is 8.56. The highest BCUT2D eigenvalue weighted by atomic mass is 32.2. The predicted molar refractivity (Wildman–Crippen MR) is 97.0 cm³/mol. The lowest BCUT2D eigenvalue weighted by Crippen LogP contribution is -2.40. The molecule has 2 rings (SSSR count). The van der Waals surface area contributed by atoms with Crippen LogP contribution < -0.4 is 0 Å². The Morgan fingerprint density at radius 2 is 1.86 bits per heavy atom. The van der Waals surface area contributed by atoms with Gasteiger partial charge in [0.15, 0.2) is 4.90 Å². The molecule has 1 aliphatic carbocycles. The summed E-state index contributed by atoms with van der Waals surface area (Å²) in [6, 6.07) is 4.93. The van der Waals surface area contributed by atoms with E-state index >= 15 is 0 Å². The highest BCUT2D eigenvalue weighted by Gasteiger charge is 2.35. The van der Waals surface area contributed by atoms with Crippen LogP contribution in [0.4, 0.5) is 5.69 Å². The average Bonchev–Trinajstić information content (AvgIpc) is 2.67. The van der Waals surface area contributed by atoms with Gasteiger partial charge in [-0.2, -0.15) is 4.31 Å². The Hall–Kier alpha value is -2.53. The molecule has 28 heavy (non-hydrogen) atoms. The SMILES string of the molecule is COC(=O)CN(CC1CCC(C(=O)O)CC1)S(=O)(=O)c1ccccc1[N+](=O)[O-]. The third kappa shape index (κ3) is 5.04. The lowest BCUT2D eigenvalue weighted by atomic mass is 9.82. The Labute approximate surface area is 162 Å². The minimum absolute atomic E-state index is 0.0458. The van der Waals surface area contributed by atoms with Crippen molar-refractivity contribution in [3.63, 3.8) is 0 Å². The van der Waals surface area contributed by atoms with Gasteiger partial charge in [0.1, 0.15) is 6.54 Å². The Bertz CT molecular complexity index is 846. The third-order valence-corrected chi connectivity index (χ3v) is 6.73. The molecule has 0 aliphatic heterocycles. The van der Waals surface area contributed by atoms with Crippen LogP contribution in [0.5, 0.6) is 0 Å². The standard InChI is InChI=1S/C17H22N2O8S/c1-27-16(20)11-18(10-12-6-8-13(9-7-12)17(21)22)28(25,26)15-5-3-2-4-14(15)19(23)24/h2-5,12-13H,6-11H2,1H3,(H,21,22). The van der Waals surface area contributed by atoms with Gasteiger partial charge in [-0.3, -0.25) is 19.7 Å². The summed E-state index contributed by atoms with van der Waals surface area (Å²) in [6.45, 7) is -0.625. The van der Waals surface area contributed by atoms with Crippen LogP contribution in [-0.2, 0) is 24.3 Å². The maximum atomic E-state index is 13.1. The first-order valence-corrected chi connectivity index (χ1v) is 10.1. The van der Waals surface area contributed by atoms with E-state index in [1.165, 1.54) is 12.1 Å². The summed E-state index contributed by atoms with van der Waals surface area (Å²) < 4.78 is 31.6. The number of carbonyl (C=O) groups is 2. The number of ether oxygens (including phenoxy) is 1. The van der Waals surface area contributed by atoms with E-state index in [2.05, 4.69) is 4.74 Å². The fourth-order valence-corrected chi connectivity index (χ4v) is 4.92. The van der Waals surface area contributed by atoms with Crippen LogP contribution in [0.2, 0.25) is 0 Å². The molecule has 0 amide bonds. The van der Waals surface area contributed by atoms with E-state index in [0.717, 1.165) is 23.5 Å². The van der Waals surface area contributed by atoms with E-state index in [9.17, 15) is 28.1 Å². The molecule has 1 N–H and O–H groups in total. The van der Waals surface area contributed by atoms with Crippen LogP contribution in [0.3, 0.4) is 0 Å². The highest BCUT2D eigenvalue weighted by Crippen LogP contribution is 2.32. The summed E-state index contributed by atoms with van der Waals surface area (Å²) in [6.07, 6.45) is 1.80. The molecule has 0 aromatic heterocycles. The van der Waals surface area contributed by atoms with Crippen molar-refractivity contribution < 1.29 is 32.8 Å². The third-order valence-electron chi connectivity index (χ3n) is 4.87. The second kappa shape index (κ2) is 9.11. The van der Waals surface area contributed by atoms with Crippen molar-refractivity contribution in [1.29, 1.82) is 0 Å². The molecule has 11 heteroatoms. The first kappa shape index (κ1) is 21.8. The minimum atomic E-state index is -4.34. The van der Waals surface area contributed by atoms with Gasteiger partial charge >= 0.3 is 11.9 Å². The fraction of sp³-hybridized carbons (Fsp3) is 0.529. The number of nitro groups is 1. The van der Waals surface area contributed by atoms with Gasteiger partial charge in [-0.25, -0.2) is 8.42 Å². The monoisotopic (exact) mass is 414 g/mol. The summed E-state index contributed by atoms with van der Waals surface area (Å²) >= 11 is 0. The van der Waals surface area contributed by atoms with Crippen molar-refractivity contribution in [1.82, 2.24) is 4.31 Å². The van der Waals surface area contributed by atoms with E-state index < -0.39 is 49.9 Å². The molecular weight excluding hydrogens is 392 g/mol. The number of methoxy groups -OCH3 is 1. The zero-order chi connectivity index (χ0) is 20.9. The quantitative estimate of drug-likeness (QED) is 0.384. The number of hydrogen-bond acceptors (Lipinski definition) is 7. The number of carbonyl (C=O) groups excluding carboxylic acids is 1. The van der Waals surface area contributed by atoms with Crippen LogP contribution in [0.15, 0.2) is 29.2 Å². The maximum absolute atomic E-state index is 13.1. The predicted octanol–water partition coefficient (Wildman–Crippen LogP) is 1.65. The number of para-hydroxylation sites is 1. The fourth-order valence-electron chi connectivity index (χ4n) is 3.30. The van der Waals surface area contributed by atoms with E-state index in [4.69, 9.17) is 5.11 Å². The molecule has 0 saturated heterocycles. The summed E-state index contributed by atoms with van der Waals surface area (Å²) in [7, 11) is -3.22. The molecular formula is C17H22N2O8S. The first-order chi connectivity index (χ1) is 13.2. The Morgan fingerprint density at radius 3 is 2.39 bits per heavy atom. The van der Waals surface area contributed by atoms with Crippen LogP contribution in [0, 0.1) is 22.0 Å². The summed E-state index contributed by atoms with van der Waals surface area (Å²) in [5.41, 5.74) is -0.577. The van der Waals surface area contributed by atoms with Crippen molar-refractivity contribution in [3.05, 3.63) is 34.4 Å². The Morgan fingerprint density at radius 1 is 1.25 bits per heavy atom. The van der Waals surface area contributed by atoms with Gasteiger partial charge in [-0.15, -0.1) is 0 Å². The molecule has 1 saturated carbocycles. The van der Waals surface area contributed by atoms with Crippen molar-refractivity contribution in [3.8, 4) is 0 Å². The van der Waals surface area contributed by atoms with E-state index in [-0.39, 0.29) is 12.5 Å². The average molecular weight is 414 g/mol. The van der Waals surface area contributed by atoms with Crippen LogP contribution in [0.1, 0.15) is 25.7 Å². The van der Waals surface area contributed by atoms with Gasteiger partial charge in [-0.05, 0) is 37.7 Å². The van der Waals surface area contributed by atoms with Crippen LogP contribution in [0.25, 0.3) is 0 Å². The lowest BCUT2D eigenvalue weighted by molar-refractivity contribution is -0.387. The number of hydrogen-bond donors (Lipinski definition) is 1. The van der Waals surface area contributed by atoms with Crippen molar-refractivity contribution in [2.24, 2.45) is 11.8 Å². The maximum Gasteiger partial charge on any atom is 0.321 e. The van der Waals surface area contributed by atoms with Gasteiger partial charge in [-0.1, -0.05) is 12.1 Å². The Kier molecular flexibility index (Phi) is 7.08. The zero-order valence-corrected chi connectivity index (χ0v) is 16.1. The van der Waals surface area contributed by atoms with E-state index in [0.29, 0.717) is 25.7 Å². The topological polar surface area (TPSA) is 144 Å². The van der Waals surface area contributed by atoms with Crippen molar-refractivity contribution in [2.75, 3.05) is 20.2 Å². The highest BCUT2D eigenvalue weighted by molar-refractivity contribution is 7.89. The van der Waals surface area contributed by atoms with E-state index in [1.54, 1.807) is 0 Å². The van der Waals surface area contributed by atoms with E-state index in [1.807, 2.05) is 0 Å². The van der Waals surface area contributed by atoms with Gasteiger partial charge in [0, 0.05) is 12.6 Å². The Balaban J connectivity index is 2.29. The van der Waals surface area contributed by atoms with Gasteiger partial charge in [0.25, 0.3) is 5.69 Å². The number of benzene rings is 1. The molecule has 1 aromatic rings. The first-order valence-electron chi connectivity index (χ1n) is 8.70. The van der Waals surface area contributed by atoms with Crippen LogP contribution >= 0.6 is 0 Å². The van der Waals surface area contributed by atoms with Crippen molar-refractivity contribution in [2.45, 2.75) is 30.6 Å². The number of rotatable bonds is 8. The molecule has 0 unspecified atom stereocenters. The number of esters is 1. The molecule has 0 atom stereocenters. The van der Waals surface area contributed by atoms with Crippen LogP contribution in [-0.4, -0.2) is 54.9 Å². The minimum Gasteiger partial charge on any atom is -0.481 e. The molecule has 0 bridgehead atoms. The molecule has 0 radical (unpaired) electrons. The summed E-state index contributed by atoms with van der Waals surface area (Å²) in [5, 5.41) is 20.3. The molecule has 0 spiro atoms. The molecule has 0 heterocycles. The molecule has 1 aliphatic rings. The molecule has 1 fully saturated rings. The van der Waals surface area contributed by atoms with Gasteiger partial charge in [0.2, 0.25) is 10.0 Å². The van der Waals surface area contributed by atoms with Crippen molar-refractivity contribution >= 4 is 27.6 Å². The molecule has 1 aromatic carbocycles. The number of aliphatic carboxylic acids is 1. The normalized spacial score (nSPS) is 19.9. The molecule has 154 valence electrons. The van der Waals surface area contributed by atoms with Gasteiger partial charge < -0.3 is 9.84 Å². The number of nitro benzene ring substituents is 1.